The van der Waals surface area contributed by atoms with Gasteiger partial charge in [0.1, 0.15) is 5.75 Å². The van der Waals surface area contributed by atoms with Crippen LogP contribution in [0.1, 0.15) is 25.0 Å². The van der Waals surface area contributed by atoms with Crippen LogP contribution in [0.5, 0.6) is 5.75 Å². The molecular weight excluding hydrogens is 449 g/mol. The summed E-state index contributed by atoms with van der Waals surface area (Å²) in [5.41, 5.74) is 0.397. The van der Waals surface area contributed by atoms with Crippen LogP contribution in [0.25, 0.3) is 0 Å². The van der Waals surface area contributed by atoms with Crippen molar-refractivity contribution < 1.29 is 31.1 Å². The summed E-state index contributed by atoms with van der Waals surface area (Å²) in [5.74, 6) is -0.505. The minimum Gasteiger partial charge on any atom is -0.406 e. The van der Waals surface area contributed by atoms with Gasteiger partial charge in [-0.15, -0.1) is 18.3 Å². The predicted molar refractivity (Wildman–Crippen MR) is 107 cm³/mol. The molecule has 1 aromatic carbocycles. The molecule has 2 fully saturated rings. The molecular formula is C20H21F3N4O4S. The average molecular weight is 470 g/mol. The summed E-state index contributed by atoms with van der Waals surface area (Å²) in [5, 5.41) is 7.45. The lowest BCUT2D eigenvalue weighted by atomic mass is 9.77. The van der Waals surface area contributed by atoms with E-state index in [4.69, 9.17) is 0 Å². The SMILES string of the molecule is Cc1ccc(S(=O)(=O)N2CCC3(CCN(c4ccc(OC(F)(F)F)cc4)C3=O)CC2)nn1. The third kappa shape index (κ3) is 4.29. The number of benzene rings is 1. The van der Waals surface area contributed by atoms with Crippen molar-refractivity contribution >= 4 is 21.6 Å². The van der Waals surface area contributed by atoms with Gasteiger partial charge in [-0.05, 0) is 62.6 Å². The van der Waals surface area contributed by atoms with Crippen LogP contribution in [0.2, 0.25) is 0 Å². The molecule has 172 valence electrons. The van der Waals surface area contributed by atoms with E-state index in [0.717, 1.165) is 0 Å². The molecule has 4 rings (SSSR count). The topological polar surface area (TPSA) is 92.7 Å². The lowest BCUT2D eigenvalue weighted by Crippen LogP contribution is -2.46. The lowest BCUT2D eigenvalue weighted by Gasteiger charge is -2.37. The highest BCUT2D eigenvalue weighted by molar-refractivity contribution is 7.89. The van der Waals surface area contributed by atoms with E-state index in [1.54, 1.807) is 13.0 Å². The maximum Gasteiger partial charge on any atom is 0.573 e. The third-order valence-electron chi connectivity index (χ3n) is 5.95. The van der Waals surface area contributed by atoms with Gasteiger partial charge in [0, 0.05) is 25.3 Å². The fraction of sp³-hybridized carbons (Fsp3) is 0.450. The zero-order valence-corrected chi connectivity index (χ0v) is 18.0. The Morgan fingerprint density at radius 3 is 2.16 bits per heavy atom. The van der Waals surface area contributed by atoms with Crippen LogP contribution >= 0.6 is 0 Å². The van der Waals surface area contributed by atoms with E-state index in [2.05, 4.69) is 14.9 Å². The Kier molecular flexibility index (Phi) is 5.61. The molecule has 32 heavy (non-hydrogen) atoms. The first-order valence-electron chi connectivity index (χ1n) is 9.99. The zero-order chi connectivity index (χ0) is 23.1. The molecule has 0 aliphatic carbocycles. The first-order valence-corrected chi connectivity index (χ1v) is 11.4. The Hall–Kier alpha value is -2.73. The molecule has 2 saturated heterocycles. The molecule has 8 nitrogen and oxygen atoms in total. The number of amides is 1. The molecule has 0 radical (unpaired) electrons. The van der Waals surface area contributed by atoms with Crippen LogP contribution in [0.15, 0.2) is 41.4 Å². The minimum atomic E-state index is -4.78. The molecule has 1 aromatic heterocycles. The second-order valence-electron chi connectivity index (χ2n) is 7.95. The summed E-state index contributed by atoms with van der Waals surface area (Å²) in [7, 11) is -3.80. The van der Waals surface area contributed by atoms with Crippen LogP contribution in [-0.4, -0.2) is 54.8 Å². The normalized spacial score (nSPS) is 19.5. The Balaban J connectivity index is 1.44. The standard InChI is InChI=1S/C20H21F3N4O4S/c1-14-2-7-17(25-24-14)32(29,30)26-11-8-19(9-12-26)10-13-27(18(19)28)15-3-5-16(6-4-15)31-20(21,22)23/h2-7H,8-13H2,1H3. The maximum absolute atomic E-state index is 13.2. The number of hydrogen-bond acceptors (Lipinski definition) is 6. The summed E-state index contributed by atoms with van der Waals surface area (Å²) in [6, 6.07) is 8.14. The maximum atomic E-state index is 13.2. The zero-order valence-electron chi connectivity index (χ0n) is 17.2. The molecule has 0 N–H and O–H groups in total. The van der Waals surface area contributed by atoms with Crippen LogP contribution in [0.3, 0.4) is 0 Å². The van der Waals surface area contributed by atoms with Gasteiger partial charge in [0.15, 0.2) is 5.03 Å². The summed E-state index contributed by atoms with van der Waals surface area (Å²) in [6.45, 7) is 2.47. The molecule has 1 amide bonds. The molecule has 2 aliphatic rings. The number of alkyl halides is 3. The molecule has 12 heteroatoms. The monoisotopic (exact) mass is 470 g/mol. The van der Waals surface area contributed by atoms with Crippen molar-refractivity contribution in [3.8, 4) is 5.75 Å². The Labute approximate surface area is 183 Å². The third-order valence-corrected chi connectivity index (χ3v) is 7.74. The van der Waals surface area contributed by atoms with Crippen LogP contribution in [-0.2, 0) is 14.8 Å². The molecule has 2 aromatic rings. The van der Waals surface area contributed by atoms with Crippen molar-refractivity contribution in [2.24, 2.45) is 5.41 Å². The molecule has 0 unspecified atom stereocenters. The van der Waals surface area contributed by atoms with Gasteiger partial charge in [0.25, 0.3) is 10.0 Å². The summed E-state index contributed by atoms with van der Waals surface area (Å²) < 4.78 is 67.9. The number of carbonyl (C=O) groups is 1. The van der Waals surface area contributed by atoms with E-state index >= 15 is 0 Å². The predicted octanol–water partition coefficient (Wildman–Crippen LogP) is 2.89. The summed E-state index contributed by atoms with van der Waals surface area (Å²) in [4.78, 5) is 14.7. The van der Waals surface area contributed by atoms with Crippen molar-refractivity contribution in [2.75, 3.05) is 24.5 Å². The van der Waals surface area contributed by atoms with Gasteiger partial charge in [-0.1, -0.05) is 0 Å². The number of aromatic nitrogens is 2. The van der Waals surface area contributed by atoms with E-state index in [9.17, 15) is 26.4 Å². The molecule has 2 aliphatic heterocycles. The van der Waals surface area contributed by atoms with Gasteiger partial charge >= 0.3 is 6.36 Å². The number of carbonyl (C=O) groups excluding carboxylic acids is 1. The van der Waals surface area contributed by atoms with Crippen molar-refractivity contribution in [1.29, 1.82) is 0 Å². The first kappa shape index (κ1) is 22.5. The minimum absolute atomic E-state index is 0.125. The van der Waals surface area contributed by atoms with E-state index < -0.39 is 21.8 Å². The Morgan fingerprint density at radius 2 is 1.59 bits per heavy atom. The highest BCUT2D eigenvalue weighted by Crippen LogP contribution is 2.44. The first-order chi connectivity index (χ1) is 15.0. The molecule has 0 atom stereocenters. The second-order valence-corrected chi connectivity index (χ2v) is 9.83. The molecule has 0 saturated carbocycles. The van der Waals surface area contributed by atoms with E-state index in [0.29, 0.717) is 37.2 Å². The number of halogens is 3. The van der Waals surface area contributed by atoms with Gasteiger partial charge in [-0.2, -0.15) is 9.40 Å². The van der Waals surface area contributed by atoms with Crippen molar-refractivity contribution in [3.05, 3.63) is 42.1 Å². The van der Waals surface area contributed by atoms with Crippen molar-refractivity contribution in [2.45, 2.75) is 37.6 Å². The van der Waals surface area contributed by atoms with Crippen molar-refractivity contribution in [3.63, 3.8) is 0 Å². The number of aryl methyl sites for hydroxylation is 1. The van der Waals surface area contributed by atoms with Crippen LogP contribution in [0.4, 0.5) is 18.9 Å². The largest absolute Gasteiger partial charge is 0.573 e. The van der Waals surface area contributed by atoms with E-state index in [-0.39, 0.29) is 29.8 Å². The molecule has 3 heterocycles. The molecule has 1 spiro atoms. The smallest absolute Gasteiger partial charge is 0.406 e. The average Bonchev–Trinajstić information content (AvgIpc) is 3.04. The van der Waals surface area contributed by atoms with Gasteiger partial charge < -0.3 is 9.64 Å². The number of nitrogens with zero attached hydrogens (tertiary/aromatic N) is 4. The second kappa shape index (κ2) is 8.00. The fourth-order valence-corrected chi connectivity index (χ4v) is 5.48. The highest BCUT2D eigenvalue weighted by atomic mass is 32.2. The van der Waals surface area contributed by atoms with Crippen LogP contribution in [0, 0.1) is 12.3 Å². The summed E-state index contributed by atoms with van der Waals surface area (Å²) >= 11 is 0. The van der Waals surface area contributed by atoms with Crippen molar-refractivity contribution in [1.82, 2.24) is 14.5 Å². The quantitative estimate of drug-likeness (QED) is 0.682. The van der Waals surface area contributed by atoms with E-state index in [1.165, 1.54) is 39.5 Å². The van der Waals surface area contributed by atoms with Gasteiger partial charge in [0.2, 0.25) is 5.91 Å². The van der Waals surface area contributed by atoms with Gasteiger partial charge in [-0.3, -0.25) is 4.79 Å². The lowest BCUT2D eigenvalue weighted by molar-refractivity contribution is -0.274. The number of anilines is 1. The van der Waals surface area contributed by atoms with Gasteiger partial charge in [0.05, 0.1) is 11.1 Å². The number of piperidine rings is 1. The van der Waals surface area contributed by atoms with E-state index in [1.807, 2.05) is 0 Å². The Bertz CT molecular complexity index is 1100. The van der Waals surface area contributed by atoms with Crippen LogP contribution < -0.4 is 9.64 Å². The fourth-order valence-electron chi connectivity index (χ4n) is 4.17. The Morgan fingerprint density at radius 1 is 0.969 bits per heavy atom. The number of hydrogen-bond donors (Lipinski definition) is 0. The summed E-state index contributed by atoms with van der Waals surface area (Å²) in [6.07, 6.45) is -3.52. The highest BCUT2D eigenvalue weighted by Gasteiger charge is 2.50. The van der Waals surface area contributed by atoms with Gasteiger partial charge in [-0.25, -0.2) is 8.42 Å². The number of rotatable bonds is 4. The number of ether oxygens (including phenoxy) is 1. The number of sulfonamides is 1. The molecule has 0 bridgehead atoms.